The third-order valence-corrected chi connectivity index (χ3v) is 2.37. The highest BCUT2D eigenvalue weighted by atomic mass is 19.1. The molecule has 0 spiro atoms. The van der Waals surface area contributed by atoms with Gasteiger partial charge < -0.3 is 4.74 Å². The predicted octanol–water partition coefficient (Wildman–Crippen LogP) is 3.34. The maximum Gasteiger partial charge on any atom is 0.305 e. The molecule has 0 radical (unpaired) electrons. The normalized spacial score (nSPS) is 9.95. The molecule has 2 aromatic rings. The van der Waals surface area contributed by atoms with Crippen LogP contribution in [0.3, 0.4) is 0 Å². The Morgan fingerprint density at radius 2 is 1.74 bits per heavy atom. The third-order valence-electron chi connectivity index (χ3n) is 2.37. The van der Waals surface area contributed by atoms with Crippen molar-refractivity contribution >= 4 is 12.0 Å². The minimum absolute atomic E-state index is 0.141. The third kappa shape index (κ3) is 2.92. The summed E-state index contributed by atoms with van der Waals surface area (Å²) in [6.07, 6.45) is 0.690. The van der Waals surface area contributed by atoms with E-state index in [2.05, 4.69) is 0 Å². The second-order valence-electron chi connectivity index (χ2n) is 3.66. The zero-order chi connectivity index (χ0) is 13.8. The van der Waals surface area contributed by atoms with Gasteiger partial charge in [-0.25, -0.2) is 0 Å². The summed E-state index contributed by atoms with van der Waals surface area (Å²) in [5.41, 5.74) is -0.120. The van der Waals surface area contributed by atoms with Crippen LogP contribution in [0.25, 0.3) is 0 Å². The van der Waals surface area contributed by atoms with Crippen LogP contribution in [-0.4, -0.2) is 11.2 Å². The molecule has 0 N–H and O–H groups in total. The molecule has 6 heteroatoms. The van der Waals surface area contributed by atoms with Crippen LogP contribution in [-0.2, 0) is 0 Å². The summed E-state index contributed by atoms with van der Waals surface area (Å²) in [5, 5.41) is 10.5. The Kier molecular flexibility index (Phi) is 3.51. The number of carbonyl (C=O) groups excluding carboxylic acids is 1. The van der Waals surface area contributed by atoms with Crippen molar-refractivity contribution in [1.82, 2.24) is 0 Å². The first-order valence-corrected chi connectivity index (χ1v) is 5.27. The maximum absolute atomic E-state index is 13.4. The largest absolute Gasteiger partial charge is 0.457 e. The lowest BCUT2D eigenvalue weighted by Gasteiger charge is -2.05. The number of rotatable bonds is 4. The van der Waals surface area contributed by atoms with Gasteiger partial charge in [0.15, 0.2) is 0 Å². The molecule has 0 heterocycles. The summed E-state index contributed by atoms with van der Waals surface area (Å²) in [4.78, 5) is 20.1. The van der Waals surface area contributed by atoms with Gasteiger partial charge in [0.05, 0.1) is 4.92 Å². The van der Waals surface area contributed by atoms with Crippen molar-refractivity contribution in [1.29, 1.82) is 0 Å². The molecule has 2 aromatic carbocycles. The van der Waals surface area contributed by atoms with Crippen LogP contribution in [0.15, 0.2) is 42.5 Å². The molecule has 2 rings (SSSR count). The van der Waals surface area contributed by atoms with E-state index in [0.29, 0.717) is 17.6 Å². The van der Waals surface area contributed by atoms with E-state index in [1.165, 1.54) is 6.07 Å². The second-order valence-corrected chi connectivity index (χ2v) is 3.66. The Morgan fingerprint density at radius 1 is 1.11 bits per heavy atom. The lowest BCUT2D eigenvalue weighted by molar-refractivity contribution is -0.387. The minimum atomic E-state index is -0.966. The van der Waals surface area contributed by atoms with Crippen LogP contribution >= 0.6 is 0 Å². The lowest BCUT2D eigenvalue weighted by atomic mass is 10.2. The standard InChI is InChI=1S/C13H8FNO4/c14-12-7-11(5-6-13(12)15(17)18)19-10-3-1-9(8-16)2-4-10/h1-8H. The number of hydrogen-bond donors (Lipinski definition) is 0. The van der Waals surface area contributed by atoms with E-state index in [4.69, 9.17) is 4.74 Å². The summed E-state index contributed by atoms with van der Waals surface area (Å²) in [5.74, 6) is -0.423. The number of halogens is 1. The number of hydrogen-bond acceptors (Lipinski definition) is 4. The summed E-state index contributed by atoms with van der Waals surface area (Å²) >= 11 is 0. The molecule has 96 valence electrons. The second kappa shape index (κ2) is 5.26. The molecule has 0 aliphatic carbocycles. The van der Waals surface area contributed by atoms with Crippen LogP contribution in [0, 0.1) is 15.9 Å². The highest BCUT2D eigenvalue weighted by molar-refractivity contribution is 5.74. The predicted molar refractivity (Wildman–Crippen MR) is 65.0 cm³/mol. The first-order chi connectivity index (χ1) is 9.10. The van der Waals surface area contributed by atoms with Crippen LogP contribution in [0.4, 0.5) is 10.1 Å². The molecule has 19 heavy (non-hydrogen) atoms. The van der Waals surface area contributed by atoms with Crippen molar-refractivity contribution < 1.29 is 18.8 Å². The van der Waals surface area contributed by atoms with Gasteiger partial charge in [-0.3, -0.25) is 14.9 Å². The van der Waals surface area contributed by atoms with E-state index in [1.54, 1.807) is 24.3 Å². The van der Waals surface area contributed by atoms with Crippen LogP contribution in [0.1, 0.15) is 10.4 Å². The zero-order valence-electron chi connectivity index (χ0n) is 9.58. The van der Waals surface area contributed by atoms with Gasteiger partial charge in [-0.15, -0.1) is 0 Å². The molecule has 0 fully saturated rings. The summed E-state index contributed by atoms with van der Waals surface area (Å²) in [6, 6.07) is 9.45. The molecule has 0 bridgehead atoms. The molecule has 0 saturated carbocycles. The number of nitro groups is 1. The average Bonchev–Trinajstić information content (AvgIpc) is 2.39. The number of carbonyl (C=O) groups is 1. The molecule has 0 atom stereocenters. The Morgan fingerprint density at radius 3 is 2.26 bits per heavy atom. The Labute approximate surface area is 107 Å². The van der Waals surface area contributed by atoms with E-state index in [0.717, 1.165) is 12.1 Å². The van der Waals surface area contributed by atoms with E-state index in [-0.39, 0.29) is 5.75 Å². The van der Waals surface area contributed by atoms with Gasteiger partial charge in [0, 0.05) is 17.7 Å². The fourth-order valence-electron chi connectivity index (χ4n) is 1.45. The zero-order valence-corrected chi connectivity index (χ0v) is 9.58. The van der Waals surface area contributed by atoms with Gasteiger partial charge in [-0.2, -0.15) is 4.39 Å². The van der Waals surface area contributed by atoms with Gasteiger partial charge in [0.25, 0.3) is 0 Å². The Bertz CT molecular complexity index is 625. The quantitative estimate of drug-likeness (QED) is 0.480. The number of nitrogens with zero attached hydrogens (tertiary/aromatic N) is 1. The number of benzene rings is 2. The smallest absolute Gasteiger partial charge is 0.305 e. The molecular formula is C13H8FNO4. The van der Waals surface area contributed by atoms with E-state index < -0.39 is 16.4 Å². The topological polar surface area (TPSA) is 69.4 Å². The van der Waals surface area contributed by atoms with Gasteiger partial charge in [-0.1, -0.05) is 0 Å². The molecule has 0 aromatic heterocycles. The van der Waals surface area contributed by atoms with Crippen molar-refractivity contribution in [2.75, 3.05) is 0 Å². The number of aldehydes is 1. The molecule has 0 saturated heterocycles. The van der Waals surface area contributed by atoms with E-state index in [1.807, 2.05) is 0 Å². The molecule has 5 nitrogen and oxygen atoms in total. The first kappa shape index (κ1) is 12.7. The maximum atomic E-state index is 13.4. The molecular weight excluding hydrogens is 253 g/mol. The van der Waals surface area contributed by atoms with Crippen molar-refractivity contribution in [3.8, 4) is 11.5 Å². The minimum Gasteiger partial charge on any atom is -0.457 e. The summed E-state index contributed by atoms with van der Waals surface area (Å²) < 4.78 is 18.7. The lowest BCUT2D eigenvalue weighted by Crippen LogP contribution is -1.93. The molecule has 0 unspecified atom stereocenters. The van der Waals surface area contributed by atoms with Crippen LogP contribution in [0.5, 0.6) is 11.5 Å². The van der Waals surface area contributed by atoms with E-state index >= 15 is 0 Å². The monoisotopic (exact) mass is 261 g/mol. The van der Waals surface area contributed by atoms with Crippen molar-refractivity contribution in [3.63, 3.8) is 0 Å². The highest BCUT2D eigenvalue weighted by Gasteiger charge is 2.14. The Balaban J connectivity index is 2.21. The molecule has 0 amide bonds. The van der Waals surface area contributed by atoms with Gasteiger partial charge >= 0.3 is 5.69 Å². The van der Waals surface area contributed by atoms with Gasteiger partial charge in [-0.05, 0) is 30.3 Å². The van der Waals surface area contributed by atoms with Crippen molar-refractivity contribution in [2.24, 2.45) is 0 Å². The average molecular weight is 261 g/mol. The first-order valence-electron chi connectivity index (χ1n) is 5.27. The van der Waals surface area contributed by atoms with Gasteiger partial charge in [0.2, 0.25) is 5.82 Å². The number of nitro benzene ring substituents is 1. The SMILES string of the molecule is O=Cc1ccc(Oc2ccc([N+](=O)[O-])c(F)c2)cc1. The van der Waals surface area contributed by atoms with Crippen molar-refractivity contribution in [3.05, 3.63) is 64.0 Å². The van der Waals surface area contributed by atoms with Gasteiger partial charge in [0.1, 0.15) is 17.8 Å². The summed E-state index contributed by atoms with van der Waals surface area (Å²) in [7, 11) is 0. The summed E-state index contributed by atoms with van der Waals surface area (Å²) in [6.45, 7) is 0. The van der Waals surface area contributed by atoms with E-state index in [9.17, 15) is 19.3 Å². The molecule has 0 aliphatic heterocycles. The number of ether oxygens (including phenoxy) is 1. The molecule has 0 aliphatic rings. The fraction of sp³-hybridized carbons (Fsp3) is 0. The highest BCUT2D eigenvalue weighted by Crippen LogP contribution is 2.26. The Hall–Kier alpha value is -2.76. The van der Waals surface area contributed by atoms with Crippen LogP contribution < -0.4 is 4.74 Å². The van der Waals surface area contributed by atoms with Crippen LogP contribution in [0.2, 0.25) is 0 Å². The fourth-order valence-corrected chi connectivity index (χ4v) is 1.45. The van der Waals surface area contributed by atoms with Crippen molar-refractivity contribution in [2.45, 2.75) is 0 Å².